The molecule has 1 amide bonds. The van der Waals surface area contributed by atoms with Crippen LogP contribution in [-0.4, -0.2) is 53.9 Å². The molecule has 1 aliphatic carbocycles. The SMILES string of the molecule is COc1ccc(C(CC2CCN(C(=O)OC(C)(C)C)CC2)C2(O)CCCCC2)cc1OC(F)(F)F. The molecule has 1 atom stereocenters. The third kappa shape index (κ3) is 7.66. The number of carbonyl (C=O) groups excluding carboxylic acids is 1. The van der Waals surface area contributed by atoms with E-state index in [-0.39, 0.29) is 23.7 Å². The number of hydrogen-bond acceptors (Lipinski definition) is 5. The zero-order valence-electron chi connectivity index (χ0n) is 21.1. The number of amides is 1. The topological polar surface area (TPSA) is 68.2 Å². The Morgan fingerprint density at radius 1 is 1.11 bits per heavy atom. The van der Waals surface area contributed by atoms with E-state index in [9.17, 15) is 23.1 Å². The van der Waals surface area contributed by atoms with E-state index in [1.165, 1.54) is 19.2 Å². The monoisotopic (exact) mass is 501 g/mol. The molecule has 0 aromatic heterocycles. The van der Waals surface area contributed by atoms with Crippen molar-refractivity contribution in [3.63, 3.8) is 0 Å². The molecule has 6 nitrogen and oxygen atoms in total. The summed E-state index contributed by atoms with van der Waals surface area (Å²) in [5.41, 5.74) is -0.942. The van der Waals surface area contributed by atoms with Gasteiger partial charge >= 0.3 is 12.5 Å². The molecule has 1 saturated heterocycles. The Hall–Kier alpha value is -2.16. The maximum atomic E-state index is 13.0. The lowest BCUT2D eigenvalue weighted by Gasteiger charge is -2.42. The lowest BCUT2D eigenvalue weighted by molar-refractivity contribution is -0.275. The summed E-state index contributed by atoms with van der Waals surface area (Å²) in [6.45, 7) is 6.60. The molecular weight excluding hydrogens is 463 g/mol. The zero-order chi connectivity index (χ0) is 25.9. The van der Waals surface area contributed by atoms with Crippen molar-refractivity contribution in [2.75, 3.05) is 20.2 Å². The molecule has 198 valence electrons. The standard InChI is InChI=1S/C26H38F3NO5/c1-24(2,3)35-23(31)30-14-10-18(11-15-30)16-20(25(32)12-6-5-7-13-25)19-8-9-21(33-4)22(17-19)34-26(27,28)29/h8-9,17-18,20,32H,5-7,10-16H2,1-4H3. The highest BCUT2D eigenvalue weighted by Crippen LogP contribution is 2.46. The molecule has 35 heavy (non-hydrogen) atoms. The second-order valence-electron chi connectivity index (χ2n) is 10.8. The summed E-state index contributed by atoms with van der Waals surface area (Å²) in [7, 11) is 1.29. The molecule has 1 aromatic rings. The van der Waals surface area contributed by atoms with Crippen LogP contribution in [0.5, 0.6) is 11.5 Å². The minimum absolute atomic E-state index is 0.00821. The van der Waals surface area contributed by atoms with Crippen LogP contribution in [-0.2, 0) is 4.74 Å². The first-order chi connectivity index (χ1) is 16.3. The lowest BCUT2D eigenvalue weighted by Crippen LogP contribution is -2.43. The van der Waals surface area contributed by atoms with E-state index in [0.717, 1.165) is 32.1 Å². The van der Waals surface area contributed by atoms with Crippen LogP contribution in [0.4, 0.5) is 18.0 Å². The van der Waals surface area contributed by atoms with Crippen LogP contribution in [0, 0.1) is 5.92 Å². The predicted molar refractivity (Wildman–Crippen MR) is 126 cm³/mol. The number of aliphatic hydroxyl groups is 1. The number of carbonyl (C=O) groups is 1. The van der Waals surface area contributed by atoms with Gasteiger partial charge in [-0.3, -0.25) is 0 Å². The van der Waals surface area contributed by atoms with Crippen molar-refractivity contribution in [3.05, 3.63) is 23.8 Å². The highest BCUT2D eigenvalue weighted by atomic mass is 19.4. The van der Waals surface area contributed by atoms with E-state index in [2.05, 4.69) is 4.74 Å². The van der Waals surface area contributed by atoms with Crippen LogP contribution in [0.25, 0.3) is 0 Å². The molecule has 1 aromatic carbocycles. The number of benzene rings is 1. The first-order valence-corrected chi connectivity index (χ1v) is 12.4. The maximum Gasteiger partial charge on any atom is 0.573 e. The largest absolute Gasteiger partial charge is 0.573 e. The fraction of sp³-hybridized carbons (Fsp3) is 0.731. The van der Waals surface area contributed by atoms with Gasteiger partial charge in [-0.15, -0.1) is 13.2 Å². The van der Waals surface area contributed by atoms with Crippen molar-refractivity contribution in [1.29, 1.82) is 0 Å². The van der Waals surface area contributed by atoms with Crippen molar-refractivity contribution >= 4 is 6.09 Å². The average Bonchev–Trinajstić information content (AvgIpc) is 2.76. The first-order valence-electron chi connectivity index (χ1n) is 12.4. The Kier molecular flexibility index (Phi) is 8.50. The molecule has 0 bridgehead atoms. The van der Waals surface area contributed by atoms with Crippen molar-refractivity contribution in [1.82, 2.24) is 4.90 Å². The molecule has 3 rings (SSSR count). The van der Waals surface area contributed by atoms with Gasteiger partial charge in [-0.05, 0) is 76.5 Å². The number of ether oxygens (including phenoxy) is 3. The van der Waals surface area contributed by atoms with E-state index in [4.69, 9.17) is 9.47 Å². The molecule has 1 unspecified atom stereocenters. The van der Waals surface area contributed by atoms with Gasteiger partial charge in [0.1, 0.15) is 5.60 Å². The van der Waals surface area contributed by atoms with Crippen molar-refractivity contribution in [3.8, 4) is 11.5 Å². The molecule has 0 spiro atoms. The highest BCUT2D eigenvalue weighted by molar-refractivity contribution is 5.68. The molecule has 2 aliphatic rings. The second-order valence-corrected chi connectivity index (χ2v) is 10.8. The fourth-order valence-corrected chi connectivity index (χ4v) is 5.30. The summed E-state index contributed by atoms with van der Waals surface area (Å²) in [6, 6.07) is 4.56. The van der Waals surface area contributed by atoms with Gasteiger partial charge in [-0.2, -0.15) is 0 Å². The summed E-state index contributed by atoms with van der Waals surface area (Å²) in [4.78, 5) is 14.1. The van der Waals surface area contributed by atoms with Crippen LogP contribution in [0.1, 0.15) is 83.6 Å². The summed E-state index contributed by atoms with van der Waals surface area (Å²) >= 11 is 0. The number of nitrogens with zero attached hydrogens (tertiary/aromatic N) is 1. The van der Waals surface area contributed by atoms with Gasteiger partial charge < -0.3 is 24.2 Å². The Morgan fingerprint density at radius 3 is 2.29 bits per heavy atom. The molecule has 1 heterocycles. The van der Waals surface area contributed by atoms with Crippen molar-refractivity contribution < 1.29 is 37.3 Å². The molecule has 1 saturated carbocycles. The lowest BCUT2D eigenvalue weighted by atomic mass is 9.68. The third-order valence-electron chi connectivity index (χ3n) is 7.02. The van der Waals surface area contributed by atoms with Crippen LogP contribution >= 0.6 is 0 Å². The summed E-state index contributed by atoms with van der Waals surface area (Å²) in [5, 5.41) is 11.7. The number of piperidine rings is 1. The number of alkyl halides is 3. The van der Waals surface area contributed by atoms with E-state index in [1.807, 2.05) is 20.8 Å². The van der Waals surface area contributed by atoms with Gasteiger partial charge in [0.05, 0.1) is 12.7 Å². The van der Waals surface area contributed by atoms with Gasteiger partial charge in [0, 0.05) is 19.0 Å². The van der Waals surface area contributed by atoms with Gasteiger partial charge in [-0.1, -0.05) is 25.3 Å². The van der Waals surface area contributed by atoms with Crippen LogP contribution in [0.2, 0.25) is 0 Å². The molecule has 1 N–H and O–H groups in total. The summed E-state index contributed by atoms with van der Waals surface area (Å²) in [6.07, 6.45) is 0.941. The quantitative estimate of drug-likeness (QED) is 0.488. The van der Waals surface area contributed by atoms with E-state index in [0.29, 0.717) is 37.9 Å². The number of likely N-dealkylation sites (tertiary alicyclic amines) is 1. The summed E-state index contributed by atoms with van der Waals surface area (Å²) < 4.78 is 53.9. The van der Waals surface area contributed by atoms with Crippen LogP contribution in [0.15, 0.2) is 18.2 Å². The summed E-state index contributed by atoms with van der Waals surface area (Å²) in [5.74, 6) is -0.533. The third-order valence-corrected chi connectivity index (χ3v) is 7.02. The Balaban J connectivity index is 1.80. The number of halogens is 3. The number of rotatable bonds is 6. The van der Waals surface area contributed by atoms with Crippen LogP contribution < -0.4 is 9.47 Å². The molecule has 2 fully saturated rings. The molecule has 9 heteroatoms. The first kappa shape index (κ1) is 27.4. The van der Waals surface area contributed by atoms with Crippen LogP contribution in [0.3, 0.4) is 0 Å². The Bertz CT molecular complexity index is 854. The number of methoxy groups -OCH3 is 1. The van der Waals surface area contributed by atoms with Gasteiger partial charge in [0.2, 0.25) is 0 Å². The van der Waals surface area contributed by atoms with Crippen molar-refractivity contribution in [2.45, 2.75) is 95.6 Å². The minimum Gasteiger partial charge on any atom is -0.493 e. The Morgan fingerprint density at radius 2 is 1.74 bits per heavy atom. The Labute approximate surface area is 205 Å². The maximum absolute atomic E-state index is 13.0. The van der Waals surface area contributed by atoms with E-state index >= 15 is 0 Å². The highest BCUT2D eigenvalue weighted by Gasteiger charge is 2.41. The zero-order valence-corrected chi connectivity index (χ0v) is 21.1. The van der Waals surface area contributed by atoms with E-state index < -0.39 is 23.3 Å². The minimum atomic E-state index is -4.85. The van der Waals surface area contributed by atoms with Crippen molar-refractivity contribution in [2.24, 2.45) is 5.92 Å². The molecule has 1 aliphatic heterocycles. The molecule has 0 radical (unpaired) electrons. The van der Waals surface area contributed by atoms with Gasteiger partial charge in [0.25, 0.3) is 0 Å². The van der Waals surface area contributed by atoms with E-state index in [1.54, 1.807) is 11.0 Å². The second kappa shape index (κ2) is 10.8. The number of hydrogen-bond donors (Lipinski definition) is 1. The molecular formula is C26H38F3NO5. The average molecular weight is 502 g/mol. The van der Waals surface area contributed by atoms with Gasteiger partial charge in [-0.25, -0.2) is 4.79 Å². The smallest absolute Gasteiger partial charge is 0.493 e. The van der Waals surface area contributed by atoms with Gasteiger partial charge in [0.15, 0.2) is 11.5 Å². The normalized spacial score (nSPS) is 20.3. The predicted octanol–water partition coefficient (Wildman–Crippen LogP) is 6.41. The fourth-order valence-electron chi connectivity index (χ4n) is 5.30.